The Bertz CT molecular complexity index is 539. The van der Waals surface area contributed by atoms with Gasteiger partial charge in [0, 0.05) is 33.2 Å². The predicted molar refractivity (Wildman–Crippen MR) is 93.5 cm³/mol. The molecule has 1 aromatic rings. The summed E-state index contributed by atoms with van der Waals surface area (Å²) in [6.45, 7) is 3.76. The van der Waals surface area contributed by atoms with Gasteiger partial charge in [0.2, 0.25) is 5.91 Å². The lowest BCUT2D eigenvalue weighted by molar-refractivity contribution is -0.142. The molecule has 0 aromatic heterocycles. The van der Waals surface area contributed by atoms with E-state index < -0.39 is 5.60 Å². The van der Waals surface area contributed by atoms with Gasteiger partial charge in [-0.2, -0.15) is 0 Å². The second-order valence-electron chi connectivity index (χ2n) is 6.40. The van der Waals surface area contributed by atoms with Gasteiger partial charge in [0.25, 0.3) is 5.91 Å². The molecule has 1 saturated heterocycles. The van der Waals surface area contributed by atoms with Crippen molar-refractivity contribution in [2.24, 2.45) is 0 Å². The maximum atomic E-state index is 12.5. The number of carbonyl (C=O) groups excluding carboxylic acids is 2. The molecule has 0 saturated carbocycles. The Hall–Kier alpha value is -1.88. The van der Waals surface area contributed by atoms with E-state index in [2.05, 4.69) is 5.32 Å². The van der Waals surface area contributed by atoms with E-state index in [9.17, 15) is 9.59 Å². The third-order valence-corrected chi connectivity index (χ3v) is 4.75. The van der Waals surface area contributed by atoms with Gasteiger partial charge in [0.05, 0.1) is 0 Å². The minimum atomic E-state index is -1.05. The van der Waals surface area contributed by atoms with Crippen LogP contribution in [0.5, 0.6) is 0 Å². The zero-order valence-corrected chi connectivity index (χ0v) is 14.7. The van der Waals surface area contributed by atoms with Crippen molar-refractivity contribution >= 4 is 11.8 Å². The average Bonchev–Trinajstić information content (AvgIpc) is 2.91. The van der Waals surface area contributed by atoms with E-state index in [1.165, 1.54) is 20.0 Å². The number of methoxy groups -OCH3 is 1. The van der Waals surface area contributed by atoms with Crippen molar-refractivity contribution in [3.05, 3.63) is 35.9 Å². The number of rotatable bonds is 6. The van der Waals surface area contributed by atoms with Gasteiger partial charge in [0.1, 0.15) is 0 Å². The number of ether oxygens (including phenoxy) is 1. The molecule has 5 heteroatoms. The Balaban J connectivity index is 1.86. The van der Waals surface area contributed by atoms with Crippen molar-refractivity contribution < 1.29 is 14.3 Å². The first-order valence-electron chi connectivity index (χ1n) is 8.74. The summed E-state index contributed by atoms with van der Waals surface area (Å²) in [4.78, 5) is 26.7. The van der Waals surface area contributed by atoms with Gasteiger partial charge in [-0.15, -0.1) is 0 Å². The molecular weight excluding hydrogens is 304 g/mol. The first kappa shape index (κ1) is 18.5. The second kappa shape index (κ2) is 8.83. The maximum absolute atomic E-state index is 12.5. The van der Waals surface area contributed by atoms with Crippen LogP contribution in [0.3, 0.4) is 0 Å². The fourth-order valence-corrected chi connectivity index (χ4v) is 3.03. The minimum absolute atomic E-state index is 0.121. The van der Waals surface area contributed by atoms with E-state index in [1.807, 2.05) is 35.2 Å². The molecule has 0 bridgehead atoms. The molecule has 0 radical (unpaired) electrons. The van der Waals surface area contributed by atoms with Crippen molar-refractivity contribution in [1.29, 1.82) is 0 Å². The highest BCUT2D eigenvalue weighted by molar-refractivity contribution is 5.86. The van der Waals surface area contributed by atoms with Crippen molar-refractivity contribution in [3.63, 3.8) is 0 Å². The Morgan fingerprint density at radius 2 is 1.75 bits per heavy atom. The van der Waals surface area contributed by atoms with E-state index >= 15 is 0 Å². The summed E-state index contributed by atoms with van der Waals surface area (Å²) in [6, 6.07) is 9.39. The zero-order valence-electron chi connectivity index (χ0n) is 14.7. The molecule has 1 aromatic carbocycles. The highest BCUT2D eigenvalue weighted by Crippen LogP contribution is 2.24. The number of amides is 2. The maximum Gasteiger partial charge on any atom is 0.256 e. The summed E-state index contributed by atoms with van der Waals surface area (Å²) in [5, 5.41) is 2.85. The fraction of sp³-hybridized carbons (Fsp3) is 0.579. The molecule has 5 nitrogen and oxygen atoms in total. The molecular formula is C19H28N2O3. The highest BCUT2D eigenvalue weighted by Gasteiger charge is 2.34. The van der Waals surface area contributed by atoms with Gasteiger partial charge in [-0.1, -0.05) is 43.2 Å². The SMILES string of the molecule is COC(C)(C(=O)NCCC(=O)N1CCCCCC1)c1ccccc1. The Morgan fingerprint density at radius 1 is 1.12 bits per heavy atom. The highest BCUT2D eigenvalue weighted by atomic mass is 16.5. The van der Waals surface area contributed by atoms with Gasteiger partial charge in [-0.05, 0) is 25.3 Å². The molecule has 0 spiro atoms. The van der Waals surface area contributed by atoms with Crippen molar-refractivity contribution in [2.45, 2.75) is 44.6 Å². The van der Waals surface area contributed by atoms with Crippen LogP contribution < -0.4 is 5.32 Å². The minimum Gasteiger partial charge on any atom is -0.364 e. The summed E-state index contributed by atoms with van der Waals surface area (Å²) in [7, 11) is 1.52. The van der Waals surface area contributed by atoms with Crippen LogP contribution >= 0.6 is 0 Å². The Morgan fingerprint density at radius 3 is 2.33 bits per heavy atom. The Labute approximate surface area is 144 Å². The smallest absolute Gasteiger partial charge is 0.256 e. The fourth-order valence-electron chi connectivity index (χ4n) is 3.03. The summed E-state index contributed by atoms with van der Waals surface area (Å²) >= 11 is 0. The van der Waals surface area contributed by atoms with Crippen LogP contribution in [-0.2, 0) is 19.9 Å². The molecule has 1 N–H and O–H groups in total. The third-order valence-electron chi connectivity index (χ3n) is 4.75. The lowest BCUT2D eigenvalue weighted by atomic mass is 9.94. The number of nitrogens with one attached hydrogen (secondary N) is 1. The number of carbonyl (C=O) groups is 2. The molecule has 0 aliphatic carbocycles. The molecule has 1 fully saturated rings. The molecule has 1 unspecified atom stereocenters. The van der Waals surface area contributed by atoms with Crippen molar-refractivity contribution in [1.82, 2.24) is 10.2 Å². The van der Waals surface area contributed by atoms with Crippen molar-refractivity contribution in [2.75, 3.05) is 26.7 Å². The standard InChI is InChI=1S/C19H28N2O3/c1-19(24-2,16-10-6-5-7-11-16)18(23)20-13-12-17(22)21-14-8-3-4-9-15-21/h5-7,10-11H,3-4,8-9,12-15H2,1-2H3,(H,20,23). The largest absolute Gasteiger partial charge is 0.364 e. The van der Waals surface area contributed by atoms with E-state index in [-0.39, 0.29) is 11.8 Å². The molecule has 1 heterocycles. The quantitative estimate of drug-likeness (QED) is 0.870. The molecule has 1 aliphatic rings. The summed E-state index contributed by atoms with van der Waals surface area (Å²) < 4.78 is 5.47. The molecule has 24 heavy (non-hydrogen) atoms. The van der Waals surface area contributed by atoms with E-state index in [4.69, 9.17) is 4.74 Å². The van der Waals surface area contributed by atoms with Crippen LogP contribution in [0.2, 0.25) is 0 Å². The van der Waals surface area contributed by atoms with Crippen LogP contribution in [0, 0.1) is 0 Å². The van der Waals surface area contributed by atoms with Crippen LogP contribution in [0.1, 0.15) is 44.6 Å². The monoisotopic (exact) mass is 332 g/mol. The van der Waals surface area contributed by atoms with Gasteiger partial charge >= 0.3 is 0 Å². The van der Waals surface area contributed by atoms with Gasteiger partial charge < -0.3 is 15.0 Å². The van der Waals surface area contributed by atoms with Gasteiger partial charge in [-0.3, -0.25) is 9.59 Å². The lowest BCUT2D eigenvalue weighted by Gasteiger charge is -2.27. The number of hydrogen-bond acceptors (Lipinski definition) is 3. The first-order valence-corrected chi connectivity index (χ1v) is 8.74. The number of likely N-dealkylation sites (tertiary alicyclic amines) is 1. The van der Waals surface area contributed by atoms with Crippen LogP contribution in [0.15, 0.2) is 30.3 Å². The molecule has 2 amide bonds. The molecule has 1 aliphatic heterocycles. The van der Waals surface area contributed by atoms with Crippen LogP contribution in [0.25, 0.3) is 0 Å². The van der Waals surface area contributed by atoms with E-state index in [1.54, 1.807) is 6.92 Å². The topological polar surface area (TPSA) is 58.6 Å². The zero-order chi connectivity index (χ0) is 17.4. The predicted octanol–water partition coefficient (Wildman–Crippen LogP) is 2.46. The average molecular weight is 332 g/mol. The third kappa shape index (κ3) is 4.57. The van der Waals surface area contributed by atoms with E-state index in [0.717, 1.165) is 31.5 Å². The Kier molecular flexibility index (Phi) is 6.79. The molecule has 2 rings (SSSR count). The van der Waals surface area contributed by atoms with Crippen LogP contribution in [-0.4, -0.2) is 43.5 Å². The summed E-state index contributed by atoms with van der Waals surface area (Å²) in [6.07, 6.45) is 4.88. The summed E-state index contributed by atoms with van der Waals surface area (Å²) in [5.74, 6) is -0.101. The lowest BCUT2D eigenvalue weighted by Crippen LogP contribution is -2.45. The number of nitrogens with zero attached hydrogens (tertiary/aromatic N) is 1. The number of hydrogen-bond donors (Lipinski definition) is 1. The second-order valence-corrected chi connectivity index (χ2v) is 6.40. The van der Waals surface area contributed by atoms with Gasteiger partial charge in [0.15, 0.2) is 5.60 Å². The van der Waals surface area contributed by atoms with Gasteiger partial charge in [-0.25, -0.2) is 0 Å². The van der Waals surface area contributed by atoms with Crippen molar-refractivity contribution in [3.8, 4) is 0 Å². The van der Waals surface area contributed by atoms with Crippen LogP contribution in [0.4, 0.5) is 0 Å². The first-order chi connectivity index (χ1) is 11.6. The number of benzene rings is 1. The molecule has 132 valence electrons. The molecule has 1 atom stereocenters. The summed E-state index contributed by atoms with van der Waals surface area (Å²) in [5.41, 5.74) is -0.253. The van der Waals surface area contributed by atoms with E-state index in [0.29, 0.717) is 13.0 Å². The normalized spacial score (nSPS) is 17.7.